The van der Waals surface area contributed by atoms with Crippen LogP contribution in [0.25, 0.3) is 0 Å². The first kappa shape index (κ1) is 21.9. The number of carbonyl (C=O) groups is 2. The molecule has 0 aromatic heterocycles. The third kappa shape index (κ3) is 4.52. The fourth-order valence-corrected chi connectivity index (χ4v) is 4.92. The first-order valence-electron chi connectivity index (χ1n) is 9.73. The Kier molecular flexibility index (Phi) is 6.52. The van der Waals surface area contributed by atoms with Crippen LogP contribution >= 0.6 is 0 Å². The number of carbonyl (C=O) groups excluding carboxylic acids is 2. The number of hydrogen-bond acceptors (Lipinski definition) is 4. The van der Waals surface area contributed by atoms with E-state index < -0.39 is 27.8 Å². The van der Waals surface area contributed by atoms with Gasteiger partial charge in [-0.1, -0.05) is 19.9 Å². The van der Waals surface area contributed by atoms with Gasteiger partial charge in [0, 0.05) is 37.3 Å². The number of halogens is 1. The molecule has 1 fully saturated rings. The van der Waals surface area contributed by atoms with Gasteiger partial charge >= 0.3 is 0 Å². The lowest BCUT2D eigenvalue weighted by molar-refractivity contribution is -0.117. The highest BCUT2D eigenvalue weighted by atomic mass is 32.2. The lowest BCUT2D eigenvalue weighted by Crippen LogP contribution is -2.37. The summed E-state index contributed by atoms with van der Waals surface area (Å²) in [6, 6.07) is 11.0. The molecule has 30 heavy (non-hydrogen) atoms. The van der Waals surface area contributed by atoms with Crippen LogP contribution in [-0.4, -0.2) is 50.2 Å². The maximum atomic E-state index is 13.4. The molecule has 1 atom stereocenters. The Morgan fingerprint density at radius 1 is 1.17 bits per heavy atom. The molecule has 1 N–H and O–H groups in total. The van der Waals surface area contributed by atoms with Gasteiger partial charge in [0.25, 0.3) is 5.91 Å². The first-order chi connectivity index (χ1) is 14.3. The molecule has 2 amide bonds. The maximum absolute atomic E-state index is 13.4. The Bertz CT molecular complexity index is 1040. The number of benzene rings is 2. The highest BCUT2D eigenvalue weighted by Gasteiger charge is 2.32. The minimum absolute atomic E-state index is 0.108. The summed E-state index contributed by atoms with van der Waals surface area (Å²) in [6.07, 6.45) is 0.108. The van der Waals surface area contributed by atoms with Crippen LogP contribution < -0.4 is 10.2 Å². The van der Waals surface area contributed by atoms with Crippen molar-refractivity contribution in [1.29, 1.82) is 0 Å². The number of amides is 2. The average molecular weight is 434 g/mol. The normalized spacial score (nSPS) is 16.9. The number of anilines is 1. The van der Waals surface area contributed by atoms with Gasteiger partial charge in [-0.15, -0.1) is 0 Å². The molecule has 0 aliphatic carbocycles. The molecular weight excluding hydrogens is 409 g/mol. The zero-order valence-electron chi connectivity index (χ0n) is 16.8. The zero-order valence-corrected chi connectivity index (χ0v) is 17.7. The van der Waals surface area contributed by atoms with Crippen LogP contribution in [0.1, 0.15) is 30.6 Å². The van der Waals surface area contributed by atoms with Crippen LogP contribution in [0.2, 0.25) is 0 Å². The van der Waals surface area contributed by atoms with Gasteiger partial charge in [-0.25, -0.2) is 12.8 Å². The highest BCUT2D eigenvalue weighted by Crippen LogP contribution is 2.23. The van der Waals surface area contributed by atoms with Crippen LogP contribution in [0.4, 0.5) is 10.1 Å². The van der Waals surface area contributed by atoms with Gasteiger partial charge in [-0.3, -0.25) is 9.59 Å². The van der Waals surface area contributed by atoms with E-state index in [0.29, 0.717) is 24.3 Å². The van der Waals surface area contributed by atoms with Crippen LogP contribution in [-0.2, 0) is 14.8 Å². The van der Waals surface area contributed by atoms with Gasteiger partial charge in [0.2, 0.25) is 15.9 Å². The molecule has 1 aliphatic rings. The second-order valence-corrected chi connectivity index (χ2v) is 8.91. The van der Waals surface area contributed by atoms with E-state index >= 15 is 0 Å². The fourth-order valence-electron chi connectivity index (χ4n) is 3.46. The lowest BCUT2D eigenvalue weighted by Gasteiger charge is -2.19. The zero-order chi connectivity index (χ0) is 21.9. The minimum atomic E-state index is -3.60. The molecule has 9 heteroatoms. The summed E-state index contributed by atoms with van der Waals surface area (Å²) in [5, 5.41) is 2.79. The third-order valence-corrected chi connectivity index (χ3v) is 7.10. The fraction of sp³-hybridized carbons (Fsp3) is 0.333. The van der Waals surface area contributed by atoms with E-state index in [1.807, 2.05) is 0 Å². The third-order valence-electron chi connectivity index (χ3n) is 5.04. The monoisotopic (exact) mass is 433 g/mol. The van der Waals surface area contributed by atoms with E-state index in [0.717, 1.165) is 0 Å². The van der Waals surface area contributed by atoms with Crippen molar-refractivity contribution in [1.82, 2.24) is 9.62 Å². The number of hydrogen-bond donors (Lipinski definition) is 1. The summed E-state index contributed by atoms with van der Waals surface area (Å²) in [5.74, 6) is -1.04. The molecule has 0 bridgehead atoms. The van der Waals surface area contributed by atoms with Crippen LogP contribution in [0.5, 0.6) is 0 Å². The Labute approximate surface area is 175 Å². The number of sulfonamides is 1. The van der Waals surface area contributed by atoms with E-state index in [9.17, 15) is 22.4 Å². The van der Waals surface area contributed by atoms with E-state index in [1.165, 1.54) is 51.7 Å². The predicted molar refractivity (Wildman–Crippen MR) is 111 cm³/mol. The van der Waals surface area contributed by atoms with Gasteiger partial charge < -0.3 is 10.2 Å². The minimum Gasteiger partial charge on any atom is -0.347 e. The Morgan fingerprint density at radius 2 is 1.83 bits per heavy atom. The molecule has 0 saturated carbocycles. The molecule has 2 aromatic rings. The molecule has 0 spiro atoms. The molecule has 2 aromatic carbocycles. The Morgan fingerprint density at radius 3 is 2.43 bits per heavy atom. The maximum Gasteiger partial charge on any atom is 0.251 e. The summed E-state index contributed by atoms with van der Waals surface area (Å²) in [4.78, 5) is 26.4. The van der Waals surface area contributed by atoms with Gasteiger partial charge in [0.1, 0.15) is 5.82 Å². The standard InChI is InChI=1S/C21H24FN3O4S/c1-3-24(4-2)30(28,29)19-10-8-15(9-11-19)21(27)23-17-13-20(26)25(14-17)18-7-5-6-16(22)12-18/h5-12,17H,3-4,13-14H2,1-2H3,(H,23,27)/t17-/m0/s1. The Balaban J connectivity index is 1.67. The molecular formula is C21H24FN3O4S. The van der Waals surface area contributed by atoms with Gasteiger partial charge in [0.15, 0.2) is 0 Å². The van der Waals surface area contributed by atoms with Crippen LogP contribution in [0, 0.1) is 5.82 Å². The van der Waals surface area contributed by atoms with Gasteiger partial charge in [-0.2, -0.15) is 4.31 Å². The molecule has 1 heterocycles. The second-order valence-electron chi connectivity index (χ2n) is 6.97. The predicted octanol–water partition coefficient (Wildman–Crippen LogP) is 2.39. The average Bonchev–Trinajstić information content (AvgIpc) is 3.08. The van der Waals surface area contributed by atoms with Crippen LogP contribution in [0.15, 0.2) is 53.4 Å². The van der Waals surface area contributed by atoms with Crippen molar-refractivity contribution in [3.63, 3.8) is 0 Å². The number of nitrogens with one attached hydrogen (secondary N) is 1. The summed E-state index contributed by atoms with van der Waals surface area (Å²) >= 11 is 0. The first-order valence-corrected chi connectivity index (χ1v) is 11.2. The molecule has 7 nitrogen and oxygen atoms in total. The quantitative estimate of drug-likeness (QED) is 0.726. The highest BCUT2D eigenvalue weighted by molar-refractivity contribution is 7.89. The SMILES string of the molecule is CCN(CC)S(=O)(=O)c1ccc(C(=O)N[C@H]2CC(=O)N(c3cccc(F)c3)C2)cc1. The van der Waals surface area contributed by atoms with Gasteiger partial charge in [0.05, 0.1) is 10.9 Å². The second kappa shape index (κ2) is 8.93. The summed E-state index contributed by atoms with van der Waals surface area (Å²) in [5.41, 5.74) is 0.743. The smallest absolute Gasteiger partial charge is 0.251 e. The van der Waals surface area contributed by atoms with Crippen molar-refractivity contribution in [3.05, 3.63) is 59.9 Å². The Hall–Kier alpha value is -2.78. The number of rotatable bonds is 7. The molecule has 1 aliphatic heterocycles. The molecule has 0 unspecified atom stereocenters. The van der Waals surface area contributed by atoms with Crippen LogP contribution in [0.3, 0.4) is 0 Å². The van der Waals surface area contributed by atoms with E-state index in [4.69, 9.17) is 0 Å². The largest absolute Gasteiger partial charge is 0.347 e. The van der Waals surface area contributed by atoms with Crippen molar-refractivity contribution in [2.45, 2.75) is 31.2 Å². The lowest BCUT2D eigenvalue weighted by atomic mass is 10.2. The summed E-state index contributed by atoms with van der Waals surface area (Å²) < 4.78 is 39.9. The molecule has 0 radical (unpaired) electrons. The topological polar surface area (TPSA) is 86.8 Å². The van der Waals surface area contributed by atoms with Crippen molar-refractivity contribution < 1.29 is 22.4 Å². The van der Waals surface area contributed by atoms with E-state index in [2.05, 4.69) is 5.32 Å². The summed E-state index contributed by atoms with van der Waals surface area (Å²) in [7, 11) is -3.60. The van der Waals surface area contributed by atoms with Crippen molar-refractivity contribution in [2.24, 2.45) is 0 Å². The molecule has 1 saturated heterocycles. The van der Waals surface area contributed by atoms with Crippen molar-refractivity contribution in [3.8, 4) is 0 Å². The van der Waals surface area contributed by atoms with Crippen molar-refractivity contribution >= 4 is 27.5 Å². The van der Waals surface area contributed by atoms with Crippen molar-refractivity contribution in [2.75, 3.05) is 24.5 Å². The summed E-state index contributed by atoms with van der Waals surface area (Å²) in [6.45, 7) is 4.48. The molecule has 160 valence electrons. The molecule has 3 rings (SSSR count). The van der Waals surface area contributed by atoms with E-state index in [-0.39, 0.29) is 23.8 Å². The van der Waals surface area contributed by atoms with Gasteiger partial charge in [-0.05, 0) is 42.5 Å². The van der Waals surface area contributed by atoms with E-state index in [1.54, 1.807) is 19.9 Å². The number of nitrogens with zero attached hydrogens (tertiary/aromatic N) is 2.